The summed E-state index contributed by atoms with van der Waals surface area (Å²) in [6.07, 6.45) is 0. The van der Waals surface area contributed by atoms with E-state index >= 15 is 0 Å². The van der Waals surface area contributed by atoms with Crippen molar-refractivity contribution in [1.29, 1.82) is 0 Å². The van der Waals surface area contributed by atoms with Crippen LogP contribution in [0.3, 0.4) is 0 Å². The van der Waals surface area contributed by atoms with Gasteiger partial charge in [0, 0.05) is 11.1 Å². The fourth-order valence-electron chi connectivity index (χ4n) is 2.14. The number of ether oxygens (including phenoxy) is 1. The Labute approximate surface area is 104 Å². The lowest BCUT2D eigenvalue weighted by molar-refractivity contribution is 0.346. The summed E-state index contributed by atoms with van der Waals surface area (Å²) < 4.78 is 5.46. The Morgan fingerprint density at radius 3 is 2.18 bits per heavy atom. The first-order chi connectivity index (χ1) is 7.81. The third-order valence-corrected chi connectivity index (χ3v) is 3.19. The molecule has 0 spiro atoms. The second-order valence-corrected chi connectivity index (χ2v) is 5.22. The zero-order valence-electron chi connectivity index (χ0n) is 11.7. The molecule has 0 aromatic heterocycles. The number of nitrogens with one attached hydrogen (secondary N) is 1. The number of hydrogen-bond acceptors (Lipinski definition) is 3. The molecule has 1 rings (SSSR count). The van der Waals surface area contributed by atoms with Gasteiger partial charge in [0.15, 0.2) is 0 Å². The summed E-state index contributed by atoms with van der Waals surface area (Å²) in [5.74, 6) is 0.894. The molecule has 1 atom stereocenters. The molecule has 1 unspecified atom stereocenters. The predicted octanol–water partition coefficient (Wildman–Crippen LogP) is 2.31. The van der Waals surface area contributed by atoms with Crippen LogP contribution in [0.25, 0.3) is 0 Å². The quantitative estimate of drug-likeness (QED) is 0.843. The lowest BCUT2D eigenvalue weighted by atomic mass is 9.87. The minimum atomic E-state index is -0.344. The van der Waals surface area contributed by atoms with E-state index in [9.17, 15) is 0 Å². The largest absolute Gasteiger partial charge is 0.496 e. The van der Waals surface area contributed by atoms with Crippen LogP contribution in [0, 0.1) is 13.8 Å². The fourth-order valence-corrected chi connectivity index (χ4v) is 2.14. The molecule has 1 aromatic rings. The molecule has 0 heterocycles. The number of rotatable bonds is 4. The van der Waals surface area contributed by atoms with Crippen molar-refractivity contribution in [3.8, 4) is 5.75 Å². The number of benzene rings is 1. The van der Waals surface area contributed by atoms with Gasteiger partial charge < -0.3 is 15.8 Å². The van der Waals surface area contributed by atoms with Gasteiger partial charge in [0.2, 0.25) is 0 Å². The summed E-state index contributed by atoms with van der Waals surface area (Å²) in [5.41, 5.74) is 9.48. The van der Waals surface area contributed by atoms with Crippen LogP contribution in [0.1, 0.15) is 36.6 Å². The SMILES string of the molecule is CNC(c1cc(C)c(C)cc1OC)C(C)(C)N. The van der Waals surface area contributed by atoms with Gasteiger partial charge in [0.05, 0.1) is 13.2 Å². The van der Waals surface area contributed by atoms with Crippen molar-refractivity contribution in [3.05, 3.63) is 28.8 Å². The minimum absolute atomic E-state index is 0.0664. The van der Waals surface area contributed by atoms with Crippen LogP contribution in [0.2, 0.25) is 0 Å². The molecule has 3 nitrogen and oxygen atoms in total. The lowest BCUT2D eigenvalue weighted by Crippen LogP contribution is -2.45. The van der Waals surface area contributed by atoms with Crippen molar-refractivity contribution < 1.29 is 4.74 Å². The molecule has 0 aliphatic rings. The molecular weight excluding hydrogens is 212 g/mol. The molecule has 96 valence electrons. The number of methoxy groups -OCH3 is 1. The van der Waals surface area contributed by atoms with Crippen LogP contribution in [0.5, 0.6) is 5.75 Å². The predicted molar refractivity (Wildman–Crippen MR) is 72.5 cm³/mol. The first-order valence-corrected chi connectivity index (χ1v) is 5.92. The monoisotopic (exact) mass is 236 g/mol. The maximum Gasteiger partial charge on any atom is 0.123 e. The van der Waals surface area contributed by atoms with E-state index in [-0.39, 0.29) is 11.6 Å². The van der Waals surface area contributed by atoms with E-state index in [1.807, 2.05) is 20.9 Å². The van der Waals surface area contributed by atoms with Gasteiger partial charge in [-0.25, -0.2) is 0 Å². The Kier molecular flexibility index (Phi) is 4.17. The second-order valence-electron chi connectivity index (χ2n) is 5.22. The topological polar surface area (TPSA) is 47.3 Å². The summed E-state index contributed by atoms with van der Waals surface area (Å²) in [7, 11) is 3.62. The van der Waals surface area contributed by atoms with Crippen LogP contribution in [-0.2, 0) is 0 Å². The highest BCUT2D eigenvalue weighted by Crippen LogP contribution is 2.33. The van der Waals surface area contributed by atoms with E-state index < -0.39 is 0 Å². The van der Waals surface area contributed by atoms with Crippen LogP contribution in [0.4, 0.5) is 0 Å². The van der Waals surface area contributed by atoms with Gasteiger partial charge in [-0.3, -0.25) is 0 Å². The number of likely N-dealkylation sites (N-methyl/N-ethyl adjacent to an activating group) is 1. The van der Waals surface area contributed by atoms with E-state index in [4.69, 9.17) is 10.5 Å². The Balaban J connectivity index is 3.32. The fraction of sp³-hybridized carbons (Fsp3) is 0.571. The summed E-state index contributed by atoms with van der Waals surface area (Å²) >= 11 is 0. The minimum Gasteiger partial charge on any atom is -0.496 e. The molecule has 3 N–H and O–H groups in total. The van der Waals surface area contributed by atoms with Gasteiger partial charge in [0.25, 0.3) is 0 Å². The van der Waals surface area contributed by atoms with Crippen LogP contribution in [0.15, 0.2) is 12.1 Å². The van der Waals surface area contributed by atoms with Gasteiger partial charge in [-0.05, 0) is 51.9 Å². The molecule has 0 bridgehead atoms. The second kappa shape index (κ2) is 5.07. The molecule has 0 aliphatic carbocycles. The Morgan fingerprint density at radius 1 is 1.24 bits per heavy atom. The average Bonchev–Trinajstić information content (AvgIpc) is 2.21. The first kappa shape index (κ1) is 14.0. The van der Waals surface area contributed by atoms with Crippen molar-refractivity contribution in [2.45, 2.75) is 39.3 Å². The molecule has 0 saturated heterocycles. The molecular formula is C14H24N2O. The van der Waals surface area contributed by atoms with Gasteiger partial charge in [-0.1, -0.05) is 6.07 Å². The maximum absolute atomic E-state index is 6.22. The first-order valence-electron chi connectivity index (χ1n) is 5.92. The summed E-state index contributed by atoms with van der Waals surface area (Å²) in [4.78, 5) is 0. The number of nitrogens with two attached hydrogens (primary N) is 1. The normalized spacial score (nSPS) is 13.6. The van der Waals surface area contributed by atoms with Crippen LogP contribution in [-0.4, -0.2) is 19.7 Å². The highest BCUT2D eigenvalue weighted by atomic mass is 16.5. The zero-order valence-corrected chi connectivity index (χ0v) is 11.7. The van der Waals surface area contributed by atoms with Gasteiger partial charge >= 0.3 is 0 Å². The third-order valence-electron chi connectivity index (χ3n) is 3.19. The van der Waals surface area contributed by atoms with Crippen molar-refractivity contribution in [3.63, 3.8) is 0 Å². The van der Waals surface area contributed by atoms with E-state index in [0.29, 0.717) is 0 Å². The van der Waals surface area contributed by atoms with Crippen molar-refractivity contribution in [2.24, 2.45) is 5.73 Å². The van der Waals surface area contributed by atoms with Gasteiger partial charge in [0.1, 0.15) is 5.75 Å². The smallest absolute Gasteiger partial charge is 0.123 e. The summed E-state index contributed by atoms with van der Waals surface area (Å²) in [6.45, 7) is 8.23. The number of hydrogen-bond donors (Lipinski definition) is 2. The molecule has 0 saturated carbocycles. The molecule has 0 aliphatic heterocycles. The van der Waals surface area contributed by atoms with E-state index in [2.05, 4.69) is 31.3 Å². The zero-order chi connectivity index (χ0) is 13.2. The molecule has 0 amide bonds. The Morgan fingerprint density at radius 2 is 1.76 bits per heavy atom. The number of aryl methyl sites for hydroxylation is 2. The maximum atomic E-state index is 6.22. The van der Waals surface area contributed by atoms with E-state index in [1.54, 1.807) is 7.11 Å². The van der Waals surface area contributed by atoms with E-state index in [0.717, 1.165) is 11.3 Å². The molecule has 1 aromatic carbocycles. The molecule has 0 radical (unpaired) electrons. The van der Waals surface area contributed by atoms with Crippen LogP contribution < -0.4 is 15.8 Å². The molecule has 3 heteroatoms. The van der Waals surface area contributed by atoms with Crippen molar-refractivity contribution >= 4 is 0 Å². The van der Waals surface area contributed by atoms with Crippen LogP contribution >= 0.6 is 0 Å². The van der Waals surface area contributed by atoms with Crippen molar-refractivity contribution in [2.75, 3.05) is 14.2 Å². The summed E-state index contributed by atoms with van der Waals surface area (Å²) in [5, 5.41) is 3.27. The van der Waals surface area contributed by atoms with Gasteiger partial charge in [-0.15, -0.1) is 0 Å². The third kappa shape index (κ3) is 2.99. The highest BCUT2D eigenvalue weighted by molar-refractivity contribution is 5.44. The van der Waals surface area contributed by atoms with Gasteiger partial charge in [-0.2, -0.15) is 0 Å². The lowest BCUT2D eigenvalue weighted by Gasteiger charge is -2.32. The van der Waals surface area contributed by atoms with Crippen molar-refractivity contribution in [1.82, 2.24) is 5.32 Å². The standard InChI is InChI=1S/C14H24N2O/c1-9-7-11(12(17-6)8-10(9)2)13(16-5)14(3,4)15/h7-8,13,16H,15H2,1-6H3. The summed E-state index contributed by atoms with van der Waals surface area (Å²) in [6, 6.07) is 4.29. The average molecular weight is 236 g/mol. The Hall–Kier alpha value is -1.06. The highest BCUT2D eigenvalue weighted by Gasteiger charge is 2.28. The van der Waals surface area contributed by atoms with E-state index in [1.165, 1.54) is 11.1 Å². The molecule has 0 fully saturated rings. The Bertz CT molecular complexity index is 394. The molecule has 17 heavy (non-hydrogen) atoms.